The molecule has 1 aromatic carbocycles. The first-order chi connectivity index (χ1) is 13.8. The second kappa shape index (κ2) is 8.75. The number of fused-ring (bicyclic) bond motifs is 1. The van der Waals surface area contributed by atoms with E-state index >= 15 is 0 Å². The predicted molar refractivity (Wildman–Crippen MR) is 113 cm³/mol. The average Bonchev–Trinajstić information content (AvgIpc) is 3.02. The van der Waals surface area contributed by atoms with Crippen molar-refractivity contribution in [2.24, 2.45) is 0 Å². The molecular formula is C20H20ClN3O4S. The van der Waals surface area contributed by atoms with Gasteiger partial charge in [-0.05, 0) is 44.0 Å². The highest BCUT2D eigenvalue weighted by Gasteiger charge is 2.21. The fourth-order valence-corrected chi connectivity index (χ4v) is 4.10. The maximum absolute atomic E-state index is 12.9. The molecule has 0 aliphatic carbocycles. The van der Waals surface area contributed by atoms with Crippen LogP contribution in [0.15, 0.2) is 35.4 Å². The molecule has 7 nitrogen and oxygen atoms in total. The van der Waals surface area contributed by atoms with Crippen molar-refractivity contribution in [3.05, 3.63) is 62.0 Å². The third kappa shape index (κ3) is 4.49. The largest absolute Gasteiger partial charge is 0.462 e. The Morgan fingerprint density at radius 3 is 2.66 bits per heavy atom. The molecule has 0 spiro atoms. The molecule has 1 unspecified atom stereocenters. The number of esters is 1. The number of ether oxygens (including phenoxy) is 1. The van der Waals surface area contributed by atoms with Gasteiger partial charge in [-0.15, -0.1) is 11.3 Å². The predicted octanol–water partition coefficient (Wildman–Crippen LogP) is 3.47. The van der Waals surface area contributed by atoms with Gasteiger partial charge in [0.1, 0.15) is 16.3 Å². The average molecular weight is 434 g/mol. The number of nitrogens with one attached hydrogen (secondary N) is 1. The molecular weight excluding hydrogens is 414 g/mol. The van der Waals surface area contributed by atoms with E-state index in [0.29, 0.717) is 25.7 Å². The first-order valence-corrected chi connectivity index (χ1v) is 10.2. The van der Waals surface area contributed by atoms with Gasteiger partial charge in [-0.2, -0.15) is 0 Å². The normalized spacial score (nSPS) is 12.0. The van der Waals surface area contributed by atoms with E-state index in [9.17, 15) is 14.4 Å². The third-order valence-corrected chi connectivity index (χ3v) is 5.87. The molecule has 0 saturated carbocycles. The molecule has 2 heterocycles. The quantitative estimate of drug-likeness (QED) is 0.601. The van der Waals surface area contributed by atoms with Crippen LogP contribution in [-0.2, 0) is 16.1 Å². The number of nitrogens with zero attached hydrogens (tertiary/aromatic N) is 2. The molecule has 1 amide bonds. The fourth-order valence-electron chi connectivity index (χ4n) is 2.94. The van der Waals surface area contributed by atoms with Crippen molar-refractivity contribution in [2.45, 2.75) is 33.4 Å². The van der Waals surface area contributed by atoms with Gasteiger partial charge in [0.2, 0.25) is 5.91 Å². The SMILES string of the molecule is CCOC(=O)c1sc2ncn(CC(=O)NC(C)c3ccc(Cl)cc3)c(=O)c2c1C. The van der Waals surface area contributed by atoms with Gasteiger partial charge in [-0.1, -0.05) is 23.7 Å². The molecule has 2 aromatic heterocycles. The van der Waals surface area contributed by atoms with E-state index in [1.54, 1.807) is 26.0 Å². The second-order valence-electron chi connectivity index (χ2n) is 6.48. The number of hydrogen-bond acceptors (Lipinski definition) is 6. The van der Waals surface area contributed by atoms with E-state index < -0.39 is 5.97 Å². The number of rotatable bonds is 6. The second-order valence-corrected chi connectivity index (χ2v) is 7.91. The molecule has 0 saturated heterocycles. The zero-order valence-corrected chi connectivity index (χ0v) is 17.8. The molecule has 29 heavy (non-hydrogen) atoms. The molecule has 3 aromatic rings. The van der Waals surface area contributed by atoms with Crippen LogP contribution in [0.5, 0.6) is 0 Å². The summed E-state index contributed by atoms with van der Waals surface area (Å²) in [6, 6.07) is 6.92. The maximum Gasteiger partial charge on any atom is 0.348 e. The van der Waals surface area contributed by atoms with Gasteiger partial charge >= 0.3 is 5.97 Å². The summed E-state index contributed by atoms with van der Waals surface area (Å²) in [5.41, 5.74) is 1.05. The summed E-state index contributed by atoms with van der Waals surface area (Å²) in [6.45, 7) is 5.32. The van der Waals surface area contributed by atoms with Crippen molar-refractivity contribution in [2.75, 3.05) is 6.61 Å². The van der Waals surface area contributed by atoms with E-state index in [1.807, 2.05) is 19.1 Å². The van der Waals surface area contributed by atoms with E-state index in [2.05, 4.69) is 10.3 Å². The first kappa shape index (κ1) is 21.0. The van der Waals surface area contributed by atoms with Gasteiger partial charge in [-0.3, -0.25) is 14.2 Å². The molecule has 0 bridgehead atoms. The minimum absolute atomic E-state index is 0.177. The van der Waals surface area contributed by atoms with Gasteiger partial charge < -0.3 is 10.1 Å². The summed E-state index contributed by atoms with van der Waals surface area (Å²) in [5.74, 6) is -0.803. The zero-order valence-electron chi connectivity index (χ0n) is 16.2. The van der Waals surface area contributed by atoms with Gasteiger partial charge in [0.25, 0.3) is 5.56 Å². The van der Waals surface area contributed by atoms with Gasteiger partial charge in [0, 0.05) is 5.02 Å². The van der Waals surface area contributed by atoms with E-state index in [1.165, 1.54) is 10.9 Å². The van der Waals surface area contributed by atoms with Gasteiger partial charge in [0.05, 0.1) is 24.4 Å². The number of halogens is 1. The minimum Gasteiger partial charge on any atom is -0.462 e. The number of amides is 1. The van der Waals surface area contributed by atoms with Crippen molar-refractivity contribution in [3.8, 4) is 0 Å². The molecule has 3 rings (SSSR count). The molecule has 0 aliphatic heterocycles. The number of aryl methyl sites for hydroxylation is 1. The van der Waals surface area contributed by atoms with Crippen LogP contribution in [0, 0.1) is 6.92 Å². The van der Waals surface area contributed by atoms with Crippen LogP contribution in [0.1, 0.15) is 40.7 Å². The Labute approximate surface area is 176 Å². The van der Waals surface area contributed by atoms with Crippen molar-refractivity contribution >= 4 is 45.0 Å². The van der Waals surface area contributed by atoms with Crippen LogP contribution in [0.3, 0.4) is 0 Å². The van der Waals surface area contributed by atoms with Crippen molar-refractivity contribution in [3.63, 3.8) is 0 Å². The highest BCUT2D eigenvalue weighted by Crippen LogP contribution is 2.27. The summed E-state index contributed by atoms with van der Waals surface area (Å²) in [6.07, 6.45) is 1.32. The Morgan fingerprint density at radius 1 is 1.31 bits per heavy atom. The summed E-state index contributed by atoms with van der Waals surface area (Å²) in [7, 11) is 0. The van der Waals surface area contributed by atoms with E-state index in [-0.39, 0.29) is 30.7 Å². The molecule has 1 N–H and O–H groups in total. The Kier molecular flexibility index (Phi) is 6.34. The number of thiophene rings is 1. The van der Waals surface area contributed by atoms with Crippen molar-refractivity contribution < 1.29 is 14.3 Å². The molecule has 0 fully saturated rings. The zero-order chi connectivity index (χ0) is 21.1. The Balaban J connectivity index is 1.81. The van der Waals surface area contributed by atoms with Crippen molar-refractivity contribution in [1.29, 1.82) is 0 Å². The topological polar surface area (TPSA) is 90.3 Å². The first-order valence-electron chi connectivity index (χ1n) is 9.02. The molecule has 152 valence electrons. The Morgan fingerprint density at radius 2 is 2.00 bits per heavy atom. The summed E-state index contributed by atoms with van der Waals surface area (Å²) >= 11 is 7.00. The number of aromatic nitrogens is 2. The number of carbonyl (C=O) groups is 2. The molecule has 0 aliphatic rings. The molecule has 9 heteroatoms. The van der Waals surface area contributed by atoms with Crippen molar-refractivity contribution in [1.82, 2.24) is 14.9 Å². The van der Waals surface area contributed by atoms with Crippen LogP contribution in [-0.4, -0.2) is 28.0 Å². The number of carbonyl (C=O) groups excluding carboxylic acids is 2. The van der Waals surface area contributed by atoms with Crippen LogP contribution in [0.25, 0.3) is 10.2 Å². The summed E-state index contributed by atoms with van der Waals surface area (Å²) in [5, 5.41) is 3.80. The number of benzene rings is 1. The van der Waals surface area contributed by atoms with E-state index in [4.69, 9.17) is 16.3 Å². The monoisotopic (exact) mass is 433 g/mol. The lowest BCUT2D eigenvalue weighted by Crippen LogP contribution is -2.34. The number of hydrogen-bond donors (Lipinski definition) is 1. The lowest BCUT2D eigenvalue weighted by molar-refractivity contribution is -0.122. The lowest BCUT2D eigenvalue weighted by atomic mass is 10.1. The van der Waals surface area contributed by atoms with Crippen LogP contribution < -0.4 is 10.9 Å². The molecule has 0 radical (unpaired) electrons. The lowest BCUT2D eigenvalue weighted by Gasteiger charge is -2.15. The highest BCUT2D eigenvalue weighted by molar-refractivity contribution is 7.20. The Hall–Kier alpha value is -2.71. The minimum atomic E-state index is -0.478. The standard InChI is InChI=1S/C20H20ClN3O4S/c1-4-28-20(27)17-11(2)16-18(29-17)22-10-24(19(16)26)9-15(25)23-12(3)13-5-7-14(21)8-6-13/h5-8,10,12H,4,9H2,1-3H3,(H,23,25). The smallest absolute Gasteiger partial charge is 0.348 e. The maximum atomic E-state index is 12.9. The van der Waals surface area contributed by atoms with Gasteiger partial charge in [-0.25, -0.2) is 9.78 Å². The fraction of sp³-hybridized carbons (Fsp3) is 0.300. The van der Waals surface area contributed by atoms with E-state index in [0.717, 1.165) is 16.9 Å². The van der Waals surface area contributed by atoms with Crippen LogP contribution in [0.2, 0.25) is 5.02 Å². The van der Waals surface area contributed by atoms with Crippen LogP contribution >= 0.6 is 22.9 Å². The third-order valence-electron chi connectivity index (χ3n) is 4.44. The van der Waals surface area contributed by atoms with Gasteiger partial charge in [0.15, 0.2) is 0 Å². The summed E-state index contributed by atoms with van der Waals surface area (Å²) in [4.78, 5) is 42.4. The summed E-state index contributed by atoms with van der Waals surface area (Å²) < 4.78 is 6.27. The van der Waals surface area contributed by atoms with Crippen LogP contribution in [0.4, 0.5) is 0 Å². The Bertz CT molecular complexity index is 1120. The highest BCUT2D eigenvalue weighted by atomic mass is 35.5. The molecule has 1 atom stereocenters.